The lowest BCUT2D eigenvalue weighted by Gasteiger charge is -2.34. The Morgan fingerprint density at radius 2 is 1.42 bits per heavy atom. The minimum absolute atomic E-state index is 0.00937. The second-order valence-electron chi connectivity index (χ2n) is 8.75. The molecule has 198 valence electrons. The molecule has 0 aliphatic heterocycles. The predicted octanol–water partition coefficient (Wildman–Crippen LogP) is 2.06. The first-order chi connectivity index (χ1) is 18.2. The Bertz CT molecular complexity index is 1230. The van der Waals surface area contributed by atoms with Crippen LogP contribution >= 0.6 is 0 Å². The highest BCUT2D eigenvalue weighted by Gasteiger charge is 2.35. The van der Waals surface area contributed by atoms with E-state index in [4.69, 9.17) is 17.2 Å². The Balaban J connectivity index is 2.02. The number of primary amides is 1. The number of nitrogens with two attached hydrogens (primary N) is 3. The highest BCUT2D eigenvalue weighted by Crippen LogP contribution is 2.29. The zero-order valence-corrected chi connectivity index (χ0v) is 20.6. The summed E-state index contributed by atoms with van der Waals surface area (Å²) in [5, 5.41) is 22.5. The maximum absolute atomic E-state index is 14.3. The molecule has 3 aromatic rings. The van der Waals surface area contributed by atoms with Gasteiger partial charge in [0.1, 0.15) is 11.8 Å². The smallest absolute Gasteiger partial charge is 0.240 e. The number of carbonyl (C=O) groups is 2. The van der Waals surface area contributed by atoms with E-state index in [9.17, 15) is 24.8 Å². The number of nitro groups is 1. The molecule has 0 spiro atoms. The van der Waals surface area contributed by atoms with Gasteiger partial charge in [0.15, 0.2) is 10.9 Å². The summed E-state index contributed by atoms with van der Waals surface area (Å²) < 4.78 is 0. The highest BCUT2D eigenvalue weighted by molar-refractivity contribution is 5.92. The van der Waals surface area contributed by atoms with Crippen molar-refractivity contribution in [3.63, 3.8) is 0 Å². The first-order valence-electron chi connectivity index (χ1n) is 11.9. The van der Waals surface area contributed by atoms with Gasteiger partial charge in [0.05, 0.1) is 17.1 Å². The molecule has 0 aromatic heterocycles. The number of nitrogens with zero attached hydrogens (tertiary/aromatic N) is 3. The summed E-state index contributed by atoms with van der Waals surface area (Å²) in [6.07, 6.45) is 0.00202. The average molecular weight is 519 g/mol. The molecule has 2 amide bonds. The number of hydrazone groups is 1. The van der Waals surface area contributed by atoms with Crippen molar-refractivity contribution in [1.29, 1.82) is 0 Å². The largest absolute Gasteiger partial charge is 0.508 e. The van der Waals surface area contributed by atoms with Crippen LogP contribution in [0.15, 0.2) is 90.0 Å². The Morgan fingerprint density at radius 3 is 1.89 bits per heavy atom. The van der Waals surface area contributed by atoms with Gasteiger partial charge in [-0.05, 0) is 41.7 Å². The standard InChI is InChI=1S/C27H30N6O5/c28-22(25(29)31-33(37)38)15-16-23(26(30)35)32(17-18-11-13-21(34)14-12-18)27(36)24(19-7-3-1-4-8-19)20-9-5-2-6-10-20/h1-14,22-24,34H,15-17,28H2,(H2,29,31)(H2,30,35)/t22?,23-/m0/s1. The van der Waals surface area contributed by atoms with Gasteiger partial charge in [0, 0.05) is 6.54 Å². The van der Waals surface area contributed by atoms with Gasteiger partial charge in [-0.2, -0.15) is 0 Å². The molecule has 0 saturated heterocycles. The number of phenols is 1. The first-order valence-corrected chi connectivity index (χ1v) is 11.9. The first kappa shape index (κ1) is 27.8. The molecule has 3 rings (SSSR count). The molecule has 38 heavy (non-hydrogen) atoms. The molecule has 11 heteroatoms. The van der Waals surface area contributed by atoms with E-state index in [1.54, 1.807) is 12.1 Å². The number of rotatable bonds is 12. The SMILES string of the molecule is NC(=O)[C@H](CCC(N)C(N)=N[N+](=O)[O-])N(Cc1ccc(O)cc1)C(=O)C(c1ccccc1)c1ccccc1. The molecule has 0 fully saturated rings. The van der Waals surface area contributed by atoms with Crippen LogP contribution in [0.5, 0.6) is 5.75 Å². The van der Waals surface area contributed by atoms with Gasteiger partial charge in [-0.1, -0.05) is 72.8 Å². The van der Waals surface area contributed by atoms with Gasteiger partial charge in [-0.3, -0.25) is 9.59 Å². The van der Waals surface area contributed by atoms with Crippen LogP contribution in [0.3, 0.4) is 0 Å². The lowest BCUT2D eigenvalue weighted by molar-refractivity contribution is -0.485. The minimum Gasteiger partial charge on any atom is -0.508 e. The van der Waals surface area contributed by atoms with Crippen LogP contribution in [0.4, 0.5) is 0 Å². The number of benzene rings is 3. The van der Waals surface area contributed by atoms with Gasteiger partial charge in [0.2, 0.25) is 11.8 Å². The zero-order chi connectivity index (χ0) is 27.7. The predicted molar refractivity (Wildman–Crippen MR) is 142 cm³/mol. The number of amides is 2. The molecule has 0 heterocycles. The van der Waals surface area contributed by atoms with Crippen LogP contribution in [-0.4, -0.2) is 44.8 Å². The molecule has 2 atom stereocenters. The van der Waals surface area contributed by atoms with Crippen molar-refractivity contribution in [1.82, 2.24) is 4.90 Å². The zero-order valence-electron chi connectivity index (χ0n) is 20.6. The lowest BCUT2D eigenvalue weighted by Crippen LogP contribution is -2.50. The van der Waals surface area contributed by atoms with Crippen molar-refractivity contribution in [2.45, 2.75) is 37.4 Å². The fourth-order valence-corrected chi connectivity index (χ4v) is 4.18. The van der Waals surface area contributed by atoms with Crippen molar-refractivity contribution < 1.29 is 19.7 Å². The fourth-order valence-electron chi connectivity index (χ4n) is 4.18. The Hall–Kier alpha value is -4.77. The van der Waals surface area contributed by atoms with E-state index in [-0.39, 0.29) is 31.0 Å². The van der Waals surface area contributed by atoms with Crippen LogP contribution < -0.4 is 17.2 Å². The van der Waals surface area contributed by atoms with Gasteiger partial charge in [-0.15, -0.1) is 0 Å². The molecule has 0 aliphatic rings. The summed E-state index contributed by atoms with van der Waals surface area (Å²) in [5.41, 5.74) is 19.5. The second-order valence-corrected chi connectivity index (χ2v) is 8.75. The second kappa shape index (κ2) is 13.0. The summed E-state index contributed by atoms with van der Waals surface area (Å²) in [6, 6.07) is 22.4. The van der Waals surface area contributed by atoms with E-state index >= 15 is 0 Å². The van der Waals surface area contributed by atoms with E-state index in [0.717, 1.165) is 11.1 Å². The number of hydrogen-bond acceptors (Lipinski definition) is 6. The van der Waals surface area contributed by atoms with Gasteiger partial charge >= 0.3 is 0 Å². The fraction of sp³-hybridized carbons (Fsp3) is 0.222. The Labute approximate surface area is 219 Å². The number of hydrogen-bond donors (Lipinski definition) is 4. The van der Waals surface area contributed by atoms with Crippen molar-refractivity contribution >= 4 is 17.6 Å². The molecule has 3 aromatic carbocycles. The summed E-state index contributed by atoms with van der Waals surface area (Å²) in [7, 11) is 0. The van der Waals surface area contributed by atoms with Crippen LogP contribution in [-0.2, 0) is 16.1 Å². The summed E-state index contributed by atoms with van der Waals surface area (Å²) in [6.45, 7) is 0.0105. The van der Waals surface area contributed by atoms with E-state index in [2.05, 4.69) is 5.10 Å². The van der Waals surface area contributed by atoms with Gasteiger partial charge in [0.25, 0.3) is 0 Å². The molecular formula is C27H30N6O5. The van der Waals surface area contributed by atoms with Crippen molar-refractivity contribution in [3.05, 3.63) is 112 Å². The Kier molecular flexibility index (Phi) is 9.49. The topological polar surface area (TPSA) is 191 Å². The van der Waals surface area contributed by atoms with Crippen LogP contribution in [0, 0.1) is 10.1 Å². The molecule has 0 saturated carbocycles. The van der Waals surface area contributed by atoms with Crippen molar-refractivity contribution in [3.8, 4) is 5.75 Å². The minimum atomic E-state index is -1.11. The van der Waals surface area contributed by atoms with Crippen LogP contribution in [0.25, 0.3) is 0 Å². The van der Waals surface area contributed by atoms with Gasteiger partial charge in [-0.25, -0.2) is 10.1 Å². The van der Waals surface area contributed by atoms with E-state index in [0.29, 0.717) is 5.56 Å². The Morgan fingerprint density at radius 1 is 0.895 bits per heavy atom. The third-order valence-corrected chi connectivity index (χ3v) is 6.12. The molecule has 0 radical (unpaired) electrons. The van der Waals surface area contributed by atoms with E-state index in [1.807, 2.05) is 60.7 Å². The number of aromatic hydroxyl groups is 1. The van der Waals surface area contributed by atoms with E-state index in [1.165, 1.54) is 17.0 Å². The normalized spacial score (nSPS) is 13.1. The number of amidine groups is 1. The molecule has 0 aliphatic carbocycles. The van der Waals surface area contributed by atoms with Crippen LogP contribution in [0.1, 0.15) is 35.4 Å². The monoisotopic (exact) mass is 518 g/mol. The number of phenolic OH excluding ortho intramolecular Hbond substituents is 1. The highest BCUT2D eigenvalue weighted by atomic mass is 16.7. The molecule has 11 nitrogen and oxygen atoms in total. The molecule has 1 unspecified atom stereocenters. The molecule has 0 bridgehead atoms. The van der Waals surface area contributed by atoms with Crippen molar-refractivity contribution in [2.75, 3.05) is 0 Å². The quantitative estimate of drug-likeness (QED) is 0.122. The maximum Gasteiger partial charge on any atom is 0.240 e. The van der Waals surface area contributed by atoms with Crippen molar-refractivity contribution in [2.24, 2.45) is 22.3 Å². The molecular weight excluding hydrogens is 488 g/mol. The van der Waals surface area contributed by atoms with Gasteiger partial charge < -0.3 is 27.2 Å². The summed E-state index contributed by atoms with van der Waals surface area (Å²) in [4.78, 5) is 39.1. The molecule has 7 N–H and O–H groups in total. The third-order valence-electron chi connectivity index (χ3n) is 6.12. The summed E-state index contributed by atoms with van der Waals surface area (Å²) >= 11 is 0. The van der Waals surface area contributed by atoms with Crippen LogP contribution in [0.2, 0.25) is 0 Å². The average Bonchev–Trinajstić information content (AvgIpc) is 2.90. The third kappa shape index (κ3) is 7.37. The van der Waals surface area contributed by atoms with E-state index < -0.39 is 34.8 Å². The summed E-state index contributed by atoms with van der Waals surface area (Å²) in [5.74, 6) is -2.24. The maximum atomic E-state index is 14.3. The lowest BCUT2D eigenvalue weighted by atomic mass is 9.89. The number of carbonyl (C=O) groups excluding carboxylic acids is 2.